The molecule has 1 aliphatic heterocycles. The maximum absolute atomic E-state index is 6.16. The smallest absolute Gasteiger partial charge is 0.163 e. The van der Waals surface area contributed by atoms with Gasteiger partial charge in [-0.25, -0.2) is 0 Å². The standard InChI is InChI=1S/C15H13Cl2NO2/c16-12-3-1-2-10(15(12)17)9-18-11-4-5-13-14(8-11)20-7-6-19-13/h1-5,8,18H,6-7,9H2. The molecular formula is C15H13Cl2NO2. The predicted molar refractivity (Wildman–Crippen MR) is 81.2 cm³/mol. The topological polar surface area (TPSA) is 30.5 Å². The molecule has 0 radical (unpaired) electrons. The van der Waals surface area contributed by atoms with E-state index in [0.29, 0.717) is 29.8 Å². The van der Waals surface area contributed by atoms with Crippen LogP contribution >= 0.6 is 23.2 Å². The van der Waals surface area contributed by atoms with Crippen molar-refractivity contribution in [2.45, 2.75) is 6.54 Å². The third-order valence-corrected chi connectivity index (χ3v) is 3.91. The van der Waals surface area contributed by atoms with E-state index in [-0.39, 0.29) is 0 Å². The van der Waals surface area contributed by atoms with Crippen molar-refractivity contribution in [3.05, 3.63) is 52.0 Å². The molecule has 0 unspecified atom stereocenters. The van der Waals surface area contributed by atoms with Crippen LogP contribution < -0.4 is 14.8 Å². The largest absolute Gasteiger partial charge is 0.486 e. The zero-order valence-electron chi connectivity index (χ0n) is 10.7. The molecule has 0 saturated carbocycles. The van der Waals surface area contributed by atoms with Gasteiger partial charge >= 0.3 is 0 Å². The Balaban J connectivity index is 1.73. The van der Waals surface area contributed by atoms with Gasteiger partial charge in [-0.1, -0.05) is 35.3 Å². The lowest BCUT2D eigenvalue weighted by molar-refractivity contribution is 0.171. The number of anilines is 1. The van der Waals surface area contributed by atoms with Gasteiger partial charge in [-0.3, -0.25) is 0 Å². The van der Waals surface area contributed by atoms with Crippen molar-refractivity contribution in [3.8, 4) is 11.5 Å². The van der Waals surface area contributed by atoms with E-state index in [1.807, 2.05) is 30.3 Å². The van der Waals surface area contributed by atoms with Crippen molar-refractivity contribution in [2.75, 3.05) is 18.5 Å². The quantitative estimate of drug-likeness (QED) is 0.913. The van der Waals surface area contributed by atoms with Gasteiger partial charge in [0.15, 0.2) is 11.5 Å². The SMILES string of the molecule is Clc1cccc(CNc2ccc3c(c2)OCCO3)c1Cl. The fourth-order valence-electron chi connectivity index (χ4n) is 2.04. The first-order valence-corrected chi connectivity index (χ1v) is 7.06. The Bertz CT molecular complexity index is 631. The van der Waals surface area contributed by atoms with E-state index in [2.05, 4.69) is 5.32 Å². The maximum Gasteiger partial charge on any atom is 0.163 e. The average Bonchev–Trinajstić information content (AvgIpc) is 2.48. The van der Waals surface area contributed by atoms with Crippen LogP contribution in [0.1, 0.15) is 5.56 Å². The highest BCUT2D eigenvalue weighted by Gasteiger charge is 2.11. The van der Waals surface area contributed by atoms with E-state index >= 15 is 0 Å². The van der Waals surface area contributed by atoms with Crippen LogP contribution in [0.15, 0.2) is 36.4 Å². The summed E-state index contributed by atoms with van der Waals surface area (Å²) in [6.45, 7) is 1.77. The van der Waals surface area contributed by atoms with E-state index in [1.54, 1.807) is 6.07 Å². The van der Waals surface area contributed by atoms with Crippen LogP contribution in [-0.4, -0.2) is 13.2 Å². The molecule has 2 aromatic rings. The Kier molecular flexibility index (Phi) is 3.90. The molecule has 0 saturated heterocycles. The zero-order valence-corrected chi connectivity index (χ0v) is 12.2. The molecule has 20 heavy (non-hydrogen) atoms. The third-order valence-electron chi connectivity index (χ3n) is 3.06. The molecule has 0 amide bonds. The number of hydrogen-bond acceptors (Lipinski definition) is 3. The summed E-state index contributed by atoms with van der Waals surface area (Å²) in [4.78, 5) is 0. The normalized spacial score (nSPS) is 13.1. The minimum atomic E-state index is 0.563. The van der Waals surface area contributed by atoms with Crippen LogP contribution in [0, 0.1) is 0 Å². The van der Waals surface area contributed by atoms with Gasteiger partial charge < -0.3 is 14.8 Å². The lowest BCUT2D eigenvalue weighted by Crippen LogP contribution is -2.15. The van der Waals surface area contributed by atoms with Gasteiger partial charge in [-0.15, -0.1) is 0 Å². The molecule has 5 heteroatoms. The molecule has 1 N–H and O–H groups in total. The molecule has 2 aromatic carbocycles. The number of ether oxygens (including phenoxy) is 2. The van der Waals surface area contributed by atoms with Gasteiger partial charge in [-0.2, -0.15) is 0 Å². The molecular weight excluding hydrogens is 297 g/mol. The number of hydrogen-bond donors (Lipinski definition) is 1. The molecule has 3 nitrogen and oxygen atoms in total. The summed E-state index contributed by atoms with van der Waals surface area (Å²) in [6.07, 6.45) is 0. The van der Waals surface area contributed by atoms with E-state index in [4.69, 9.17) is 32.7 Å². The first-order valence-electron chi connectivity index (χ1n) is 6.30. The highest BCUT2D eigenvalue weighted by molar-refractivity contribution is 6.42. The lowest BCUT2D eigenvalue weighted by Gasteiger charge is -2.19. The van der Waals surface area contributed by atoms with Crippen LogP contribution in [-0.2, 0) is 6.54 Å². The molecule has 1 aliphatic rings. The second kappa shape index (κ2) is 5.81. The van der Waals surface area contributed by atoms with Crippen LogP contribution in [0.2, 0.25) is 10.0 Å². The summed E-state index contributed by atoms with van der Waals surface area (Å²) < 4.78 is 11.0. The first-order chi connectivity index (χ1) is 9.74. The second-order valence-electron chi connectivity index (χ2n) is 4.42. The monoisotopic (exact) mass is 309 g/mol. The molecule has 104 valence electrons. The molecule has 0 bridgehead atoms. The van der Waals surface area contributed by atoms with E-state index < -0.39 is 0 Å². The summed E-state index contributed by atoms with van der Waals surface area (Å²) in [7, 11) is 0. The highest BCUT2D eigenvalue weighted by atomic mass is 35.5. The predicted octanol–water partition coefficient (Wildman–Crippen LogP) is 4.38. The fourth-order valence-corrected chi connectivity index (χ4v) is 2.42. The van der Waals surface area contributed by atoms with Crippen molar-refractivity contribution >= 4 is 28.9 Å². The molecule has 0 fully saturated rings. The van der Waals surface area contributed by atoms with Gasteiger partial charge in [0.2, 0.25) is 0 Å². The summed E-state index contributed by atoms with van der Waals surface area (Å²) in [5, 5.41) is 4.45. The summed E-state index contributed by atoms with van der Waals surface area (Å²) >= 11 is 12.2. The third kappa shape index (κ3) is 2.79. The van der Waals surface area contributed by atoms with Crippen molar-refractivity contribution in [3.63, 3.8) is 0 Å². The van der Waals surface area contributed by atoms with Gasteiger partial charge in [0, 0.05) is 18.3 Å². The molecule has 0 atom stereocenters. The van der Waals surface area contributed by atoms with Crippen LogP contribution in [0.4, 0.5) is 5.69 Å². The van der Waals surface area contributed by atoms with Crippen molar-refractivity contribution in [1.29, 1.82) is 0 Å². The summed E-state index contributed by atoms with van der Waals surface area (Å²) in [5.41, 5.74) is 1.90. The van der Waals surface area contributed by atoms with Crippen molar-refractivity contribution in [1.82, 2.24) is 0 Å². The average molecular weight is 310 g/mol. The summed E-state index contributed by atoms with van der Waals surface area (Å²) in [5.74, 6) is 1.54. The minimum Gasteiger partial charge on any atom is -0.486 e. The summed E-state index contributed by atoms with van der Waals surface area (Å²) in [6, 6.07) is 11.4. The highest BCUT2D eigenvalue weighted by Crippen LogP contribution is 2.33. The van der Waals surface area contributed by atoms with Gasteiger partial charge in [0.1, 0.15) is 13.2 Å². The fraction of sp³-hybridized carbons (Fsp3) is 0.200. The minimum absolute atomic E-state index is 0.563. The molecule has 0 spiro atoms. The van der Waals surface area contributed by atoms with Crippen LogP contribution in [0.3, 0.4) is 0 Å². The molecule has 0 aliphatic carbocycles. The van der Waals surface area contributed by atoms with Crippen molar-refractivity contribution in [2.24, 2.45) is 0 Å². The van der Waals surface area contributed by atoms with Crippen LogP contribution in [0.5, 0.6) is 11.5 Å². The molecule has 3 rings (SSSR count). The Labute approximate surface area is 127 Å². The van der Waals surface area contributed by atoms with E-state index in [9.17, 15) is 0 Å². The Morgan fingerprint density at radius 1 is 1.00 bits per heavy atom. The van der Waals surface area contributed by atoms with E-state index in [0.717, 1.165) is 22.7 Å². The first kappa shape index (κ1) is 13.4. The number of benzene rings is 2. The van der Waals surface area contributed by atoms with Crippen LogP contribution in [0.25, 0.3) is 0 Å². The zero-order chi connectivity index (χ0) is 13.9. The number of rotatable bonds is 3. The maximum atomic E-state index is 6.16. The number of nitrogens with one attached hydrogen (secondary N) is 1. The molecule has 1 heterocycles. The van der Waals surface area contributed by atoms with Gasteiger partial charge in [0.25, 0.3) is 0 Å². The number of fused-ring (bicyclic) bond motifs is 1. The molecule has 0 aromatic heterocycles. The van der Waals surface area contributed by atoms with E-state index in [1.165, 1.54) is 0 Å². The Hall–Kier alpha value is -1.58. The van der Waals surface area contributed by atoms with Gasteiger partial charge in [-0.05, 0) is 23.8 Å². The second-order valence-corrected chi connectivity index (χ2v) is 5.21. The Morgan fingerprint density at radius 2 is 1.80 bits per heavy atom. The number of halogens is 2. The van der Waals surface area contributed by atoms with Gasteiger partial charge in [0.05, 0.1) is 10.0 Å². The Morgan fingerprint density at radius 3 is 2.65 bits per heavy atom. The lowest BCUT2D eigenvalue weighted by atomic mass is 10.2. The van der Waals surface area contributed by atoms with Crippen molar-refractivity contribution < 1.29 is 9.47 Å².